The van der Waals surface area contributed by atoms with E-state index in [9.17, 15) is 4.39 Å². The van der Waals surface area contributed by atoms with Gasteiger partial charge in [0.15, 0.2) is 0 Å². The van der Waals surface area contributed by atoms with Gasteiger partial charge in [-0.15, -0.1) is 0 Å². The number of amidine groups is 1. The Bertz CT molecular complexity index is 996. The van der Waals surface area contributed by atoms with Crippen LogP contribution in [0.5, 0.6) is 0 Å². The van der Waals surface area contributed by atoms with Gasteiger partial charge in [-0.25, -0.2) is 24.3 Å². The molecule has 2 aromatic heterocycles. The number of nitrogens with one attached hydrogen (secondary N) is 1. The van der Waals surface area contributed by atoms with Crippen molar-refractivity contribution in [2.45, 2.75) is 6.92 Å². The van der Waals surface area contributed by atoms with Crippen molar-refractivity contribution in [1.82, 2.24) is 19.5 Å². The minimum atomic E-state index is -0.478. The van der Waals surface area contributed by atoms with Crippen molar-refractivity contribution in [1.29, 1.82) is 0 Å². The van der Waals surface area contributed by atoms with E-state index in [0.29, 0.717) is 17.3 Å². The van der Waals surface area contributed by atoms with Crippen molar-refractivity contribution < 1.29 is 4.39 Å². The summed E-state index contributed by atoms with van der Waals surface area (Å²) in [7, 11) is 0. The Kier molecular flexibility index (Phi) is 5.73. The highest BCUT2D eigenvalue weighted by molar-refractivity contribution is 6.31. The largest absolute Gasteiger partial charge is 0.344 e. The second-order valence-corrected chi connectivity index (χ2v) is 5.90. The molecule has 0 saturated carbocycles. The molecule has 3 aromatic rings. The molecule has 0 amide bonds. The molecule has 6 nitrogen and oxygen atoms in total. The zero-order valence-corrected chi connectivity index (χ0v) is 15.2. The van der Waals surface area contributed by atoms with E-state index in [4.69, 9.17) is 11.6 Å². The maximum absolute atomic E-state index is 13.3. The zero-order valence-electron chi connectivity index (χ0n) is 14.5. The first-order valence-electron chi connectivity index (χ1n) is 7.96. The zero-order chi connectivity index (χ0) is 19.2. The van der Waals surface area contributed by atoms with Crippen LogP contribution >= 0.6 is 11.6 Å². The number of rotatable bonds is 5. The molecule has 1 N–H and O–H groups in total. The number of halogens is 2. The second-order valence-electron chi connectivity index (χ2n) is 5.49. The van der Waals surface area contributed by atoms with Crippen LogP contribution in [0.2, 0.25) is 5.02 Å². The molecule has 0 aliphatic carbocycles. The lowest BCUT2D eigenvalue weighted by atomic mass is 10.1. The highest BCUT2D eigenvalue weighted by atomic mass is 35.5. The average Bonchev–Trinajstić information content (AvgIpc) is 3.20. The van der Waals surface area contributed by atoms with Gasteiger partial charge in [0.1, 0.15) is 30.1 Å². The molecule has 1 aromatic carbocycles. The van der Waals surface area contributed by atoms with E-state index in [0.717, 1.165) is 11.1 Å². The van der Waals surface area contributed by atoms with E-state index < -0.39 is 5.82 Å². The van der Waals surface area contributed by atoms with Gasteiger partial charge in [0.25, 0.3) is 0 Å². The van der Waals surface area contributed by atoms with Gasteiger partial charge in [-0.1, -0.05) is 24.3 Å². The van der Waals surface area contributed by atoms with Crippen LogP contribution in [0.3, 0.4) is 0 Å². The summed E-state index contributed by atoms with van der Waals surface area (Å²) in [6, 6.07) is 4.37. The highest BCUT2D eigenvalue weighted by Crippen LogP contribution is 2.24. The maximum Gasteiger partial charge on any atom is 0.147 e. The Morgan fingerprint density at radius 1 is 1.30 bits per heavy atom. The summed E-state index contributed by atoms with van der Waals surface area (Å²) in [5.74, 6) is 0.668. The molecule has 0 aliphatic heterocycles. The van der Waals surface area contributed by atoms with Crippen LogP contribution < -0.4 is 5.32 Å². The molecule has 136 valence electrons. The predicted molar refractivity (Wildman–Crippen MR) is 106 cm³/mol. The molecule has 0 saturated heterocycles. The molecule has 0 atom stereocenters. The molecule has 8 heteroatoms. The summed E-state index contributed by atoms with van der Waals surface area (Å²) in [5, 5.41) is 3.13. The molecule has 27 heavy (non-hydrogen) atoms. The third kappa shape index (κ3) is 4.45. The van der Waals surface area contributed by atoms with Crippen molar-refractivity contribution in [3.63, 3.8) is 0 Å². The lowest BCUT2D eigenvalue weighted by Gasteiger charge is -2.12. The van der Waals surface area contributed by atoms with Crippen LogP contribution in [0.15, 0.2) is 73.3 Å². The lowest BCUT2D eigenvalue weighted by Crippen LogP contribution is -2.09. The van der Waals surface area contributed by atoms with Crippen molar-refractivity contribution in [3.05, 3.63) is 84.7 Å². The SMILES string of the molecule is C=C/C(=C(\N=C(/C)Nc1ccc(F)c(Cl)c1)n1ccnc1)c1cncnc1. The fourth-order valence-electron chi connectivity index (χ4n) is 2.39. The molecular weight excluding hydrogens is 367 g/mol. The van der Waals surface area contributed by atoms with Gasteiger partial charge in [-0.05, 0) is 25.1 Å². The van der Waals surface area contributed by atoms with Crippen LogP contribution in [-0.4, -0.2) is 25.4 Å². The normalized spacial score (nSPS) is 12.5. The fourth-order valence-corrected chi connectivity index (χ4v) is 2.57. The van der Waals surface area contributed by atoms with Gasteiger partial charge in [-0.3, -0.25) is 4.57 Å². The van der Waals surface area contributed by atoms with Crippen LogP contribution in [0.4, 0.5) is 10.1 Å². The topological polar surface area (TPSA) is 68.0 Å². The molecular formula is C19H16ClFN6. The van der Waals surface area contributed by atoms with E-state index in [-0.39, 0.29) is 5.02 Å². The van der Waals surface area contributed by atoms with Crippen molar-refractivity contribution in [3.8, 4) is 0 Å². The fraction of sp³-hybridized carbons (Fsp3) is 0.0526. The first-order valence-corrected chi connectivity index (χ1v) is 8.34. The number of hydrogen-bond acceptors (Lipinski definition) is 4. The smallest absolute Gasteiger partial charge is 0.147 e. The highest BCUT2D eigenvalue weighted by Gasteiger charge is 2.10. The second kappa shape index (κ2) is 8.37. The minimum Gasteiger partial charge on any atom is -0.344 e. The molecule has 0 radical (unpaired) electrons. The van der Waals surface area contributed by atoms with Crippen LogP contribution in [-0.2, 0) is 0 Å². The maximum atomic E-state index is 13.3. The number of nitrogens with zero attached hydrogens (tertiary/aromatic N) is 5. The Morgan fingerprint density at radius 3 is 2.70 bits per heavy atom. The molecule has 0 bridgehead atoms. The van der Waals surface area contributed by atoms with E-state index in [1.54, 1.807) is 54.7 Å². The number of aliphatic imine (C=N–C) groups is 1. The number of imidazole rings is 1. The van der Waals surface area contributed by atoms with E-state index in [1.165, 1.54) is 18.5 Å². The number of hydrogen-bond donors (Lipinski definition) is 1. The van der Waals surface area contributed by atoms with Crippen molar-refractivity contribution >= 4 is 34.5 Å². The Labute approximate surface area is 160 Å². The number of aromatic nitrogens is 4. The lowest BCUT2D eigenvalue weighted by molar-refractivity contribution is 0.628. The summed E-state index contributed by atoms with van der Waals surface area (Å²) in [5.41, 5.74) is 2.11. The molecule has 0 spiro atoms. The number of allylic oxidation sites excluding steroid dienone is 2. The Hall–Kier alpha value is -3.32. The molecule has 0 unspecified atom stereocenters. The summed E-state index contributed by atoms with van der Waals surface area (Å²) >= 11 is 5.83. The first kappa shape index (κ1) is 18.5. The average molecular weight is 383 g/mol. The summed E-state index contributed by atoms with van der Waals surface area (Å²) in [6.07, 6.45) is 11.6. The minimum absolute atomic E-state index is 0.0337. The van der Waals surface area contributed by atoms with Gasteiger partial charge in [0.05, 0.1) is 5.02 Å². The quantitative estimate of drug-likeness (QED) is 0.400. The van der Waals surface area contributed by atoms with Crippen molar-refractivity contribution in [2.75, 3.05) is 5.32 Å². The summed E-state index contributed by atoms with van der Waals surface area (Å²) in [6.45, 7) is 5.67. The van der Waals surface area contributed by atoms with Gasteiger partial charge in [0, 0.05) is 41.6 Å². The molecule has 0 fully saturated rings. The van der Waals surface area contributed by atoms with Crippen LogP contribution in [0, 0.1) is 5.82 Å². The first-order chi connectivity index (χ1) is 13.1. The van der Waals surface area contributed by atoms with Gasteiger partial charge < -0.3 is 5.32 Å². The van der Waals surface area contributed by atoms with Gasteiger partial charge in [-0.2, -0.15) is 0 Å². The summed E-state index contributed by atoms with van der Waals surface area (Å²) < 4.78 is 15.1. The van der Waals surface area contributed by atoms with E-state index in [2.05, 4.69) is 31.8 Å². The monoisotopic (exact) mass is 382 g/mol. The number of anilines is 1. The van der Waals surface area contributed by atoms with E-state index in [1.807, 2.05) is 0 Å². The van der Waals surface area contributed by atoms with Crippen LogP contribution in [0.1, 0.15) is 12.5 Å². The van der Waals surface area contributed by atoms with Crippen LogP contribution in [0.25, 0.3) is 11.4 Å². The molecule has 3 rings (SSSR count). The Morgan fingerprint density at radius 2 is 2.07 bits per heavy atom. The standard InChI is InChI=1S/C19H16ClFN6/c1-3-16(14-9-23-11-24-10-14)19(27-7-6-22-12-27)26-13(2)25-15-4-5-18(21)17(20)8-15/h3-12H,1H2,2H3,(H,25,26)/b19-16-. The predicted octanol–water partition coefficient (Wildman–Crippen LogP) is 4.51. The summed E-state index contributed by atoms with van der Waals surface area (Å²) in [4.78, 5) is 16.8. The molecule has 2 heterocycles. The number of benzene rings is 1. The Balaban J connectivity index is 2.03. The van der Waals surface area contributed by atoms with Crippen molar-refractivity contribution in [2.24, 2.45) is 4.99 Å². The molecule has 0 aliphatic rings. The van der Waals surface area contributed by atoms with Gasteiger partial charge in [0.2, 0.25) is 0 Å². The van der Waals surface area contributed by atoms with Gasteiger partial charge >= 0.3 is 0 Å². The third-order valence-corrected chi connectivity index (χ3v) is 3.87. The third-order valence-electron chi connectivity index (χ3n) is 3.58. The van der Waals surface area contributed by atoms with E-state index >= 15 is 0 Å².